The van der Waals surface area contributed by atoms with E-state index in [9.17, 15) is 0 Å². The lowest BCUT2D eigenvalue weighted by Crippen LogP contribution is -2.26. The molecular weight excluding hydrogens is 638 g/mol. The fourth-order valence-electron chi connectivity index (χ4n) is 9.28. The van der Waals surface area contributed by atoms with Gasteiger partial charge in [0.15, 0.2) is 0 Å². The summed E-state index contributed by atoms with van der Waals surface area (Å²) < 4.78 is 0. The lowest BCUT2D eigenvalue weighted by atomic mass is 9.67. The topological polar surface area (TPSA) is 0 Å². The molecule has 2 heteroatoms. The Labute approximate surface area is 307 Å². The van der Waals surface area contributed by atoms with E-state index in [1.165, 1.54) is 61.8 Å². The fourth-order valence-corrected chi connectivity index (χ4v) is 15.2. The Morgan fingerprint density at radius 3 is 1.82 bits per heavy atom. The summed E-state index contributed by atoms with van der Waals surface area (Å²) in [6.45, 7) is 28.7. The van der Waals surface area contributed by atoms with E-state index in [-0.39, 0.29) is 10.8 Å². The molecule has 2 aliphatic heterocycles. The van der Waals surface area contributed by atoms with Crippen molar-refractivity contribution >= 4 is 38.3 Å². The van der Waals surface area contributed by atoms with Gasteiger partial charge in [-0.25, -0.2) is 0 Å². The summed E-state index contributed by atoms with van der Waals surface area (Å²) in [6, 6.07) is 32.4. The Balaban J connectivity index is 1.55. The van der Waals surface area contributed by atoms with Crippen molar-refractivity contribution in [3.05, 3.63) is 151 Å². The number of hydrogen-bond acceptors (Lipinski definition) is 0. The highest BCUT2D eigenvalue weighted by molar-refractivity contribution is 7.74. The third kappa shape index (κ3) is 6.24. The Kier molecular flexibility index (Phi) is 10.4. The molecule has 2 aliphatic rings. The van der Waals surface area contributed by atoms with Gasteiger partial charge in [-0.15, -0.1) is 0 Å². The molecule has 4 aromatic rings. The van der Waals surface area contributed by atoms with E-state index in [1.807, 2.05) is 0 Å². The molecular formula is C48H58P2. The van der Waals surface area contributed by atoms with Crippen molar-refractivity contribution < 1.29 is 0 Å². The van der Waals surface area contributed by atoms with Gasteiger partial charge in [0.25, 0.3) is 0 Å². The third-order valence-electron chi connectivity index (χ3n) is 12.3. The van der Waals surface area contributed by atoms with Gasteiger partial charge in [-0.3, -0.25) is 0 Å². The second kappa shape index (κ2) is 14.2. The van der Waals surface area contributed by atoms with Crippen molar-refractivity contribution in [3.8, 4) is 0 Å². The first kappa shape index (κ1) is 36.7. The first-order chi connectivity index (χ1) is 23.7. The highest BCUT2D eigenvalue weighted by atomic mass is 31.1. The maximum absolute atomic E-state index is 2.57. The molecule has 2 bridgehead atoms. The summed E-state index contributed by atoms with van der Waals surface area (Å²) in [5.41, 5.74) is 19.1. The van der Waals surface area contributed by atoms with Crippen LogP contribution in [0.25, 0.3) is 21.8 Å². The normalized spacial score (nSPS) is 20.8. The molecule has 0 amide bonds. The Morgan fingerprint density at radius 2 is 1.30 bits per heavy atom. The predicted octanol–water partition coefficient (Wildman–Crippen LogP) is 14.5. The first-order valence-electron chi connectivity index (χ1n) is 18.7. The van der Waals surface area contributed by atoms with Gasteiger partial charge in [-0.2, -0.15) is 0 Å². The molecule has 0 N–H and O–H groups in total. The van der Waals surface area contributed by atoms with Crippen LogP contribution in [0.5, 0.6) is 0 Å². The zero-order valence-corrected chi connectivity index (χ0v) is 34.6. The molecule has 4 aromatic carbocycles. The van der Waals surface area contributed by atoms with Crippen molar-refractivity contribution in [2.75, 3.05) is 12.3 Å². The summed E-state index contributed by atoms with van der Waals surface area (Å²) in [5.74, 6) is 0.508. The largest absolute Gasteiger partial charge is 0.0848 e. The minimum absolute atomic E-state index is 0.0428. The van der Waals surface area contributed by atoms with Gasteiger partial charge < -0.3 is 0 Å². The fraction of sp³-hybridized carbons (Fsp3) is 0.375. The molecule has 0 aromatic heterocycles. The van der Waals surface area contributed by atoms with Gasteiger partial charge in [0.1, 0.15) is 0 Å². The molecule has 2 heterocycles. The standard InChI is InChI=1S/C48H58P2/c1-13-47(11,30(2)3)43(41-33(6)24-31(4)25-34(41)7)45(38-20-16-14-17-21-38)49-28-40-37(10)48(12)29-50(40)46(39-22-18-15-19-23-39)44(48)42-35(8)26-32(5)27-36(42)9/h14-27,30,49H,13,28-29H2,1-12H3/b45-43-. The van der Waals surface area contributed by atoms with Crippen molar-refractivity contribution in [1.29, 1.82) is 0 Å². The number of fused-ring (bicyclic) bond motifs is 2. The van der Waals surface area contributed by atoms with Crippen LogP contribution in [0.1, 0.15) is 104 Å². The molecule has 6 rings (SSSR count). The summed E-state index contributed by atoms with van der Waals surface area (Å²) in [4.78, 5) is 0. The van der Waals surface area contributed by atoms with Gasteiger partial charge >= 0.3 is 0 Å². The number of rotatable bonds is 10. The zero-order valence-electron chi connectivity index (χ0n) is 32.7. The lowest BCUT2D eigenvalue weighted by molar-refractivity contribution is 0.303. The Morgan fingerprint density at radius 1 is 0.780 bits per heavy atom. The number of allylic oxidation sites excluding steroid dienone is 4. The average molecular weight is 697 g/mol. The van der Waals surface area contributed by atoms with E-state index >= 15 is 0 Å². The average Bonchev–Trinajstić information content (AvgIpc) is 3.51. The highest BCUT2D eigenvalue weighted by Crippen LogP contribution is 2.79. The van der Waals surface area contributed by atoms with E-state index in [4.69, 9.17) is 0 Å². The van der Waals surface area contributed by atoms with Crippen LogP contribution in [0.2, 0.25) is 0 Å². The molecule has 4 atom stereocenters. The predicted molar refractivity (Wildman–Crippen MR) is 227 cm³/mol. The van der Waals surface area contributed by atoms with Crippen LogP contribution in [-0.4, -0.2) is 12.3 Å². The van der Waals surface area contributed by atoms with Crippen molar-refractivity contribution in [1.82, 2.24) is 0 Å². The zero-order chi connectivity index (χ0) is 36.1. The van der Waals surface area contributed by atoms with E-state index in [1.54, 1.807) is 32.7 Å². The SMILES string of the molecule is CCC(C)(/C(=C(\PCC1=C(C)C2(C)CP1C(c1ccccc1)=C2c1c(C)cc(C)cc1C)c1ccccc1)c1c(C)cc(C)cc1C)C(C)C. The molecule has 0 aliphatic carbocycles. The number of aryl methyl sites for hydroxylation is 6. The van der Waals surface area contributed by atoms with Gasteiger partial charge in [0.05, 0.1) is 0 Å². The second-order valence-electron chi connectivity index (χ2n) is 16.0. The molecule has 0 fully saturated rings. The second-order valence-corrected chi connectivity index (χ2v) is 19.4. The Hall–Kier alpha value is -3.04. The molecule has 260 valence electrons. The van der Waals surface area contributed by atoms with Crippen molar-refractivity contribution in [2.24, 2.45) is 16.7 Å². The van der Waals surface area contributed by atoms with Gasteiger partial charge in [0.2, 0.25) is 0 Å². The number of hydrogen-bond donors (Lipinski definition) is 0. The van der Waals surface area contributed by atoms with Gasteiger partial charge in [0, 0.05) is 5.41 Å². The van der Waals surface area contributed by atoms with E-state index in [0.717, 1.165) is 12.6 Å². The van der Waals surface area contributed by atoms with Crippen LogP contribution in [0.4, 0.5) is 0 Å². The van der Waals surface area contributed by atoms with Crippen LogP contribution in [-0.2, 0) is 0 Å². The molecule has 0 radical (unpaired) electrons. The maximum Gasteiger partial charge on any atom is 0.0195 e. The van der Waals surface area contributed by atoms with Gasteiger partial charge in [-0.1, -0.05) is 145 Å². The lowest BCUT2D eigenvalue weighted by Gasteiger charge is -2.39. The van der Waals surface area contributed by atoms with Crippen LogP contribution < -0.4 is 0 Å². The van der Waals surface area contributed by atoms with E-state index in [2.05, 4.69) is 168 Å². The summed E-state index contributed by atoms with van der Waals surface area (Å²) in [6.07, 6.45) is 3.49. The monoisotopic (exact) mass is 696 g/mol. The molecule has 50 heavy (non-hydrogen) atoms. The minimum atomic E-state index is -0.446. The third-order valence-corrected chi connectivity index (χ3v) is 17.2. The number of benzene rings is 4. The van der Waals surface area contributed by atoms with Crippen LogP contribution in [0, 0.1) is 58.3 Å². The van der Waals surface area contributed by atoms with Crippen LogP contribution in [0.3, 0.4) is 0 Å². The summed E-state index contributed by atoms with van der Waals surface area (Å²) in [5, 5.41) is 4.96. The maximum atomic E-state index is 2.57. The van der Waals surface area contributed by atoms with Crippen LogP contribution >= 0.6 is 16.5 Å². The molecule has 0 saturated heterocycles. The molecule has 4 unspecified atom stereocenters. The summed E-state index contributed by atoms with van der Waals surface area (Å²) >= 11 is 0. The quantitative estimate of drug-likeness (QED) is 0.114. The Bertz CT molecular complexity index is 1980. The van der Waals surface area contributed by atoms with E-state index < -0.39 is 7.92 Å². The molecule has 0 saturated carbocycles. The van der Waals surface area contributed by atoms with Crippen molar-refractivity contribution in [2.45, 2.75) is 89.5 Å². The van der Waals surface area contributed by atoms with Crippen molar-refractivity contribution in [3.63, 3.8) is 0 Å². The van der Waals surface area contributed by atoms with Crippen LogP contribution in [0.15, 0.2) is 95.8 Å². The molecule has 0 spiro atoms. The first-order valence-corrected chi connectivity index (χ1v) is 21.4. The smallest absolute Gasteiger partial charge is 0.0195 e. The molecule has 0 nitrogen and oxygen atoms in total. The van der Waals surface area contributed by atoms with Gasteiger partial charge in [-0.05, 0) is 158 Å². The summed E-state index contributed by atoms with van der Waals surface area (Å²) in [7, 11) is 0.251. The minimum Gasteiger partial charge on any atom is -0.0848 e. The highest BCUT2D eigenvalue weighted by Gasteiger charge is 2.52. The van der Waals surface area contributed by atoms with E-state index in [0.29, 0.717) is 14.5 Å².